The van der Waals surface area contributed by atoms with E-state index in [0.29, 0.717) is 32.3 Å². The van der Waals surface area contributed by atoms with E-state index in [1.165, 1.54) is 18.4 Å². The molecule has 0 saturated heterocycles. The first-order valence-electron chi connectivity index (χ1n) is 10.9. The second-order valence-corrected chi connectivity index (χ2v) is 8.42. The van der Waals surface area contributed by atoms with E-state index < -0.39 is 0 Å². The van der Waals surface area contributed by atoms with Crippen LogP contribution in [-0.2, 0) is 5.41 Å². The van der Waals surface area contributed by atoms with Gasteiger partial charge in [-0.25, -0.2) is 0 Å². The Morgan fingerprint density at radius 1 is 0.967 bits per heavy atom. The van der Waals surface area contributed by atoms with Crippen molar-refractivity contribution in [1.82, 2.24) is 5.32 Å². The van der Waals surface area contributed by atoms with Crippen LogP contribution in [0.3, 0.4) is 0 Å². The summed E-state index contributed by atoms with van der Waals surface area (Å²) in [5, 5.41) is 3.42. The number of hydrogen-bond acceptors (Lipinski definition) is 4. The second-order valence-electron chi connectivity index (χ2n) is 8.42. The van der Waals surface area contributed by atoms with Crippen molar-refractivity contribution in [1.29, 1.82) is 0 Å². The van der Waals surface area contributed by atoms with Gasteiger partial charge >= 0.3 is 0 Å². The lowest BCUT2D eigenvalue weighted by molar-refractivity contribution is 0.171. The number of fused-ring (bicyclic) bond motifs is 2. The van der Waals surface area contributed by atoms with Crippen LogP contribution >= 0.6 is 0 Å². The van der Waals surface area contributed by atoms with Gasteiger partial charge in [-0.1, -0.05) is 37.1 Å². The molecule has 6 heteroatoms. The highest BCUT2D eigenvalue weighted by Crippen LogP contribution is 2.44. The molecule has 2 aliphatic heterocycles. The van der Waals surface area contributed by atoms with Crippen LogP contribution in [0.5, 0.6) is 17.2 Å². The molecule has 6 nitrogen and oxygen atoms in total. The lowest BCUT2D eigenvalue weighted by atomic mass is 9.79. The quantitative estimate of drug-likeness (QED) is 0.597. The molecule has 0 amide bonds. The van der Waals surface area contributed by atoms with E-state index in [2.05, 4.69) is 23.5 Å². The number of para-hydroxylation sites is 1. The Morgan fingerprint density at radius 3 is 2.60 bits per heavy atom. The normalized spacial score (nSPS) is 22.1. The van der Waals surface area contributed by atoms with Crippen molar-refractivity contribution in [3.05, 3.63) is 53.6 Å². The smallest absolute Gasteiger partial charge is 0.189 e. The summed E-state index contributed by atoms with van der Waals surface area (Å²) in [5.41, 5.74) is 8.77. The minimum atomic E-state index is 0.00964. The molecule has 2 aromatic carbocycles. The maximum atomic E-state index is 6.34. The molecule has 2 aromatic rings. The minimum Gasteiger partial charge on any atom is -0.493 e. The molecular formula is C24H29N3O3. The standard InChI is InChI=1S/C24H29N3O3/c25-23(27-19-9-12-28-20-6-2-1-5-18(19)20)26-16-24(10-3-4-11-24)17-7-8-21-22(15-17)30-14-13-29-21/h1-2,5-8,15,19H,3-4,9-14,16H2,(H3,25,26,27). The number of benzene rings is 2. The van der Waals surface area contributed by atoms with E-state index in [-0.39, 0.29) is 11.5 Å². The van der Waals surface area contributed by atoms with E-state index in [4.69, 9.17) is 24.9 Å². The van der Waals surface area contributed by atoms with E-state index in [0.717, 1.165) is 42.1 Å². The fraction of sp³-hybridized carbons (Fsp3) is 0.458. The van der Waals surface area contributed by atoms with Crippen molar-refractivity contribution in [2.75, 3.05) is 26.4 Å². The number of aliphatic imine (C=N–C) groups is 1. The predicted octanol–water partition coefficient (Wildman–Crippen LogP) is 3.70. The van der Waals surface area contributed by atoms with E-state index >= 15 is 0 Å². The van der Waals surface area contributed by atoms with Crippen molar-refractivity contribution in [2.45, 2.75) is 43.6 Å². The van der Waals surface area contributed by atoms with Crippen LogP contribution in [-0.4, -0.2) is 32.3 Å². The average Bonchev–Trinajstić information content (AvgIpc) is 3.28. The minimum absolute atomic E-state index is 0.00964. The van der Waals surface area contributed by atoms with Crippen LogP contribution in [0.4, 0.5) is 0 Å². The molecule has 1 fully saturated rings. The first kappa shape index (κ1) is 19.1. The van der Waals surface area contributed by atoms with E-state index in [1.54, 1.807) is 0 Å². The summed E-state index contributed by atoms with van der Waals surface area (Å²) in [7, 11) is 0. The lowest BCUT2D eigenvalue weighted by Crippen LogP contribution is -2.38. The molecule has 158 valence electrons. The summed E-state index contributed by atoms with van der Waals surface area (Å²) in [6.07, 6.45) is 5.53. The first-order chi connectivity index (χ1) is 14.7. The first-order valence-corrected chi connectivity index (χ1v) is 10.9. The number of ether oxygens (including phenoxy) is 3. The maximum absolute atomic E-state index is 6.34. The Morgan fingerprint density at radius 2 is 1.73 bits per heavy atom. The van der Waals surface area contributed by atoms with Crippen LogP contribution in [0.1, 0.15) is 49.3 Å². The number of guanidine groups is 1. The molecule has 0 aromatic heterocycles. The summed E-state index contributed by atoms with van der Waals surface area (Å²) >= 11 is 0. The van der Waals surface area contributed by atoms with Crippen LogP contribution in [0.2, 0.25) is 0 Å². The van der Waals surface area contributed by atoms with Crippen LogP contribution in [0.15, 0.2) is 47.5 Å². The Hall–Kier alpha value is -2.89. The molecule has 1 unspecified atom stereocenters. The lowest BCUT2D eigenvalue weighted by Gasteiger charge is -2.30. The van der Waals surface area contributed by atoms with Crippen molar-refractivity contribution in [3.63, 3.8) is 0 Å². The zero-order valence-electron chi connectivity index (χ0n) is 17.2. The number of nitrogens with zero attached hydrogens (tertiary/aromatic N) is 1. The van der Waals surface area contributed by atoms with Crippen molar-refractivity contribution < 1.29 is 14.2 Å². The van der Waals surface area contributed by atoms with Gasteiger partial charge in [0.1, 0.15) is 19.0 Å². The van der Waals surface area contributed by atoms with Crippen molar-refractivity contribution in [3.8, 4) is 17.2 Å². The van der Waals surface area contributed by atoms with Gasteiger partial charge in [-0.15, -0.1) is 0 Å². The average molecular weight is 408 g/mol. The number of nitrogens with two attached hydrogens (primary N) is 1. The van der Waals surface area contributed by atoms with Gasteiger partial charge in [-0.2, -0.15) is 0 Å². The Labute approximate surface area is 177 Å². The van der Waals surface area contributed by atoms with E-state index in [9.17, 15) is 0 Å². The molecule has 2 heterocycles. The highest BCUT2D eigenvalue weighted by atomic mass is 16.6. The fourth-order valence-electron chi connectivity index (χ4n) is 4.92. The summed E-state index contributed by atoms with van der Waals surface area (Å²) in [4.78, 5) is 4.80. The topological polar surface area (TPSA) is 78.1 Å². The van der Waals surface area contributed by atoms with Gasteiger partial charge in [0.05, 0.1) is 19.2 Å². The Balaban J connectivity index is 1.34. The Bertz CT molecular complexity index is 937. The number of hydrogen-bond donors (Lipinski definition) is 2. The van der Waals surface area contributed by atoms with Gasteiger partial charge in [-0.05, 0) is 36.6 Å². The zero-order valence-corrected chi connectivity index (χ0v) is 17.2. The summed E-state index contributed by atoms with van der Waals surface area (Å²) in [6.45, 7) is 2.57. The molecule has 0 bridgehead atoms. The zero-order chi connectivity index (χ0) is 20.4. The molecular weight excluding hydrogens is 378 g/mol. The molecule has 1 aliphatic carbocycles. The molecule has 30 heavy (non-hydrogen) atoms. The highest BCUT2D eigenvalue weighted by molar-refractivity contribution is 5.78. The maximum Gasteiger partial charge on any atom is 0.189 e. The number of rotatable bonds is 4. The van der Waals surface area contributed by atoms with Crippen LogP contribution < -0.4 is 25.3 Å². The van der Waals surface area contributed by atoms with Gasteiger partial charge < -0.3 is 25.3 Å². The number of nitrogens with one attached hydrogen (secondary N) is 1. The third-order valence-corrected chi connectivity index (χ3v) is 6.55. The molecule has 0 spiro atoms. The van der Waals surface area contributed by atoms with Gasteiger partial charge in [-0.3, -0.25) is 4.99 Å². The van der Waals surface area contributed by atoms with Crippen molar-refractivity contribution in [2.24, 2.45) is 10.7 Å². The summed E-state index contributed by atoms with van der Waals surface area (Å²) < 4.78 is 17.3. The third-order valence-electron chi connectivity index (χ3n) is 6.55. The predicted molar refractivity (Wildman–Crippen MR) is 116 cm³/mol. The van der Waals surface area contributed by atoms with Gasteiger partial charge in [0.2, 0.25) is 0 Å². The third kappa shape index (κ3) is 3.66. The summed E-state index contributed by atoms with van der Waals surface area (Å²) in [6, 6.07) is 14.6. The molecule has 3 aliphatic rings. The van der Waals surface area contributed by atoms with E-state index in [1.807, 2.05) is 24.3 Å². The molecule has 1 atom stereocenters. The Kier molecular flexibility index (Phi) is 5.15. The molecule has 0 radical (unpaired) electrons. The largest absolute Gasteiger partial charge is 0.493 e. The highest BCUT2D eigenvalue weighted by Gasteiger charge is 2.36. The second kappa shape index (κ2) is 8.09. The van der Waals surface area contributed by atoms with Gasteiger partial charge in [0.15, 0.2) is 17.5 Å². The van der Waals surface area contributed by atoms with Gasteiger partial charge in [0, 0.05) is 17.4 Å². The monoisotopic (exact) mass is 407 g/mol. The molecule has 5 rings (SSSR count). The van der Waals surface area contributed by atoms with Gasteiger partial charge in [0.25, 0.3) is 0 Å². The summed E-state index contributed by atoms with van der Waals surface area (Å²) in [5.74, 6) is 3.11. The van der Waals surface area contributed by atoms with Crippen LogP contribution in [0.25, 0.3) is 0 Å². The molecule has 1 saturated carbocycles. The van der Waals surface area contributed by atoms with Crippen molar-refractivity contribution >= 4 is 5.96 Å². The van der Waals surface area contributed by atoms with Crippen LogP contribution in [0, 0.1) is 0 Å². The SMILES string of the molecule is NC(=NCC1(c2ccc3c(c2)OCCO3)CCCC1)NC1CCOc2ccccc21. The molecule has 3 N–H and O–H groups in total. The fourth-order valence-corrected chi connectivity index (χ4v) is 4.92.